The largest absolute Gasteiger partial charge is 0.126 e. The average molecular weight is 214 g/mol. The molecule has 3 nitrogen and oxygen atoms in total. The van der Waals surface area contributed by atoms with Gasteiger partial charge in [0.1, 0.15) is 0 Å². The van der Waals surface area contributed by atoms with Crippen molar-refractivity contribution in [3.63, 3.8) is 0 Å². The van der Waals surface area contributed by atoms with Gasteiger partial charge >= 0.3 is 0 Å². The lowest BCUT2D eigenvalue weighted by Gasteiger charge is -2.02. The van der Waals surface area contributed by atoms with E-state index in [1.807, 2.05) is 13.0 Å². The van der Waals surface area contributed by atoms with E-state index in [2.05, 4.69) is 10.0 Å². The van der Waals surface area contributed by atoms with Gasteiger partial charge in [-0.05, 0) is 29.5 Å². The van der Waals surface area contributed by atoms with Crippen molar-refractivity contribution >= 4 is 29.1 Å². The smallest absolute Gasteiger partial charge is 0.0526 e. The second-order valence-electron chi connectivity index (χ2n) is 2.23. The lowest BCUT2D eigenvalue weighted by molar-refractivity contribution is 1.34. The fourth-order valence-corrected chi connectivity index (χ4v) is 1.78. The molecule has 5 heteroatoms. The summed E-state index contributed by atoms with van der Waals surface area (Å²) in [6.45, 7) is 2.04. The molecule has 1 aromatic carbocycles. The molecule has 1 aromatic rings. The van der Waals surface area contributed by atoms with Gasteiger partial charge in [-0.2, -0.15) is 0 Å². The molecule has 0 radical (unpaired) electrons. The number of nitrogens with zero attached hydrogens (tertiary/aromatic N) is 3. The zero-order valence-electron chi connectivity index (χ0n) is 7.07. The highest BCUT2D eigenvalue weighted by molar-refractivity contribution is 7.99. The van der Waals surface area contributed by atoms with Crippen LogP contribution in [0.25, 0.3) is 10.4 Å². The van der Waals surface area contributed by atoms with Crippen LogP contribution in [0.4, 0.5) is 5.69 Å². The summed E-state index contributed by atoms with van der Waals surface area (Å²) in [4.78, 5) is 3.71. The van der Waals surface area contributed by atoms with Crippen molar-refractivity contribution in [2.45, 2.75) is 11.8 Å². The molecule has 0 aliphatic heterocycles. The molecule has 13 heavy (non-hydrogen) atoms. The van der Waals surface area contributed by atoms with E-state index in [1.54, 1.807) is 23.9 Å². The van der Waals surface area contributed by atoms with Crippen LogP contribution in [0.1, 0.15) is 6.92 Å². The van der Waals surface area contributed by atoms with Crippen molar-refractivity contribution in [3.8, 4) is 0 Å². The Balaban J connectivity index is 3.10. The maximum atomic E-state index is 8.31. The molecule has 0 atom stereocenters. The molecule has 0 aliphatic carbocycles. The van der Waals surface area contributed by atoms with Gasteiger partial charge in [-0.1, -0.05) is 23.6 Å². The molecule has 0 unspecified atom stereocenters. The standard InChI is InChI=1S/C8H8ClN3S/c1-2-13-8-4-3-6(9)5-7(8)11-12-10/h3-5H,2H2,1H3. The Hall–Kier alpha value is -0.830. The number of hydrogen-bond donors (Lipinski definition) is 0. The third kappa shape index (κ3) is 2.84. The summed E-state index contributed by atoms with van der Waals surface area (Å²) >= 11 is 7.39. The van der Waals surface area contributed by atoms with E-state index in [-0.39, 0.29) is 0 Å². The van der Waals surface area contributed by atoms with E-state index in [1.165, 1.54) is 0 Å². The molecule has 1 rings (SSSR count). The van der Waals surface area contributed by atoms with Crippen LogP contribution in [0, 0.1) is 0 Å². The first kappa shape index (κ1) is 10.3. The van der Waals surface area contributed by atoms with E-state index < -0.39 is 0 Å². The minimum Gasteiger partial charge on any atom is -0.126 e. The molecule has 0 fully saturated rings. The molecule has 0 heterocycles. The first-order valence-electron chi connectivity index (χ1n) is 3.75. The van der Waals surface area contributed by atoms with Crippen molar-refractivity contribution in [2.75, 3.05) is 5.75 Å². The van der Waals surface area contributed by atoms with E-state index in [4.69, 9.17) is 17.1 Å². The molecule has 0 saturated heterocycles. The number of halogens is 1. The molecular formula is C8H8ClN3S. The van der Waals surface area contributed by atoms with Crippen LogP contribution < -0.4 is 0 Å². The Bertz CT molecular complexity index is 347. The SMILES string of the molecule is CCSc1ccc(Cl)cc1N=[N+]=[N-]. The number of rotatable bonds is 3. The van der Waals surface area contributed by atoms with Crippen LogP contribution >= 0.6 is 23.4 Å². The Kier molecular flexibility index (Phi) is 3.96. The van der Waals surface area contributed by atoms with E-state index >= 15 is 0 Å². The Labute approximate surface area is 85.7 Å². The number of azide groups is 1. The number of benzene rings is 1. The Morgan fingerprint density at radius 1 is 1.62 bits per heavy atom. The summed E-state index contributed by atoms with van der Waals surface area (Å²) < 4.78 is 0. The lowest BCUT2D eigenvalue weighted by atomic mass is 10.3. The summed E-state index contributed by atoms with van der Waals surface area (Å²) in [6.07, 6.45) is 0. The Morgan fingerprint density at radius 2 is 2.38 bits per heavy atom. The van der Waals surface area contributed by atoms with Gasteiger partial charge in [-0.3, -0.25) is 0 Å². The minimum atomic E-state index is 0.586. The highest BCUT2D eigenvalue weighted by atomic mass is 35.5. The molecule has 0 amide bonds. The van der Waals surface area contributed by atoms with Gasteiger partial charge in [0.05, 0.1) is 5.69 Å². The zero-order chi connectivity index (χ0) is 9.68. The molecule has 68 valence electrons. The van der Waals surface area contributed by atoms with Gasteiger partial charge in [-0.25, -0.2) is 0 Å². The summed E-state index contributed by atoms with van der Waals surface area (Å²) in [5, 5.41) is 4.15. The van der Waals surface area contributed by atoms with Crippen molar-refractivity contribution in [1.29, 1.82) is 0 Å². The third-order valence-electron chi connectivity index (χ3n) is 1.37. The van der Waals surface area contributed by atoms with Gasteiger partial charge in [0.2, 0.25) is 0 Å². The molecule has 0 aromatic heterocycles. The summed E-state index contributed by atoms with van der Waals surface area (Å²) in [5.74, 6) is 0.940. The molecular weight excluding hydrogens is 206 g/mol. The van der Waals surface area contributed by atoms with Crippen LogP contribution in [-0.4, -0.2) is 5.75 Å². The van der Waals surface area contributed by atoms with Crippen LogP contribution in [0.15, 0.2) is 28.2 Å². The third-order valence-corrected chi connectivity index (χ3v) is 2.55. The maximum absolute atomic E-state index is 8.31. The van der Waals surface area contributed by atoms with Gasteiger partial charge < -0.3 is 0 Å². The predicted octanol–water partition coefficient (Wildman–Crippen LogP) is 4.39. The molecule has 0 aliphatic rings. The molecule has 0 saturated carbocycles. The quantitative estimate of drug-likeness (QED) is 0.318. The van der Waals surface area contributed by atoms with Crippen molar-refractivity contribution in [1.82, 2.24) is 0 Å². The first-order chi connectivity index (χ1) is 6.27. The van der Waals surface area contributed by atoms with Gasteiger partial charge in [0, 0.05) is 14.8 Å². The lowest BCUT2D eigenvalue weighted by Crippen LogP contribution is -1.74. The zero-order valence-corrected chi connectivity index (χ0v) is 8.64. The summed E-state index contributed by atoms with van der Waals surface area (Å²) in [5.41, 5.74) is 8.91. The van der Waals surface area contributed by atoms with Crippen LogP contribution in [0.2, 0.25) is 5.02 Å². The second kappa shape index (κ2) is 5.02. The normalized spacial score (nSPS) is 9.38. The van der Waals surface area contributed by atoms with Crippen LogP contribution in [0.3, 0.4) is 0 Å². The Morgan fingerprint density at radius 3 is 3.00 bits per heavy atom. The van der Waals surface area contributed by atoms with Gasteiger partial charge in [0.15, 0.2) is 0 Å². The fourth-order valence-electron chi connectivity index (χ4n) is 0.894. The fraction of sp³-hybridized carbons (Fsp3) is 0.250. The van der Waals surface area contributed by atoms with Gasteiger partial charge in [0.25, 0.3) is 0 Å². The molecule has 0 N–H and O–H groups in total. The van der Waals surface area contributed by atoms with E-state index in [9.17, 15) is 0 Å². The topological polar surface area (TPSA) is 48.8 Å². The molecule has 0 bridgehead atoms. The molecule has 0 spiro atoms. The van der Waals surface area contributed by atoms with Crippen LogP contribution in [-0.2, 0) is 0 Å². The van der Waals surface area contributed by atoms with E-state index in [0.717, 1.165) is 10.6 Å². The van der Waals surface area contributed by atoms with Crippen molar-refractivity contribution < 1.29 is 0 Å². The summed E-state index contributed by atoms with van der Waals surface area (Å²) in [6, 6.07) is 5.32. The number of thioether (sulfide) groups is 1. The van der Waals surface area contributed by atoms with E-state index in [0.29, 0.717) is 10.7 Å². The highest BCUT2D eigenvalue weighted by Crippen LogP contribution is 2.31. The van der Waals surface area contributed by atoms with Crippen molar-refractivity contribution in [2.24, 2.45) is 5.11 Å². The minimum absolute atomic E-state index is 0.586. The highest BCUT2D eigenvalue weighted by Gasteiger charge is 2.00. The van der Waals surface area contributed by atoms with Gasteiger partial charge in [-0.15, -0.1) is 11.8 Å². The van der Waals surface area contributed by atoms with Crippen molar-refractivity contribution in [3.05, 3.63) is 33.7 Å². The number of hydrogen-bond acceptors (Lipinski definition) is 2. The average Bonchev–Trinajstić information content (AvgIpc) is 2.10. The summed E-state index contributed by atoms with van der Waals surface area (Å²) in [7, 11) is 0. The van der Waals surface area contributed by atoms with Crippen LogP contribution in [0.5, 0.6) is 0 Å². The predicted molar refractivity (Wildman–Crippen MR) is 56.7 cm³/mol. The maximum Gasteiger partial charge on any atom is 0.0526 e. The second-order valence-corrected chi connectivity index (χ2v) is 3.98. The first-order valence-corrected chi connectivity index (χ1v) is 5.11. The monoisotopic (exact) mass is 213 g/mol.